The predicted molar refractivity (Wildman–Crippen MR) is 120 cm³/mol. The van der Waals surface area contributed by atoms with E-state index in [1.165, 1.54) is 0 Å². The topological polar surface area (TPSA) is 40.5 Å². The van der Waals surface area contributed by atoms with E-state index in [1.807, 2.05) is 109 Å². The second kappa shape index (κ2) is 7.80. The summed E-state index contributed by atoms with van der Waals surface area (Å²) in [5.41, 5.74) is 2.20. The molecule has 1 unspecified atom stereocenters. The Hall–Kier alpha value is -3.79. The van der Waals surface area contributed by atoms with Crippen LogP contribution in [0.1, 0.15) is 35.0 Å². The fourth-order valence-electron chi connectivity index (χ4n) is 4.18. The Morgan fingerprint density at radius 2 is 1.71 bits per heavy atom. The van der Waals surface area contributed by atoms with Crippen molar-refractivity contribution in [2.24, 2.45) is 0 Å². The summed E-state index contributed by atoms with van der Waals surface area (Å²) in [5.74, 6) is 1.46. The van der Waals surface area contributed by atoms with Crippen molar-refractivity contribution in [2.45, 2.75) is 25.6 Å². The molecule has 3 aromatic carbocycles. The van der Waals surface area contributed by atoms with Gasteiger partial charge in [0.25, 0.3) is 0 Å². The van der Waals surface area contributed by atoms with Crippen molar-refractivity contribution in [1.29, 1.82) is 0 Å². The first-order valence-electron chi connectivity index (χ1n) is 10.5. The number of hydrogen-bond acceptors (Lipinski definition) is 3. The molecule has 0 spiro atoms. The highest BCUT2D eigenvalue weighted by Gasteiger charge is 2.45. The van der Waals surface area contributed by atoms with E-state index >= 15 is 0 Å². The Labute approximate surface area is 181 Å². The highest BCUT2D eigenvalue weighted by atomic mass is 16.5. The van der Waals surface area contributed by atoms with Crippen LogP contribution in [0.25, 0.3) is 5.69 Å². The predicted octanol–water partition coefficient (Wildman–Crippen LogP) is 5.94. The maximum Gasteiger partial charge on any atom is 0.227 e. The molecule has 1 aromatic heterocycles. The van der Waals surface area contributed by atoms with Gasteiger partial charge in [0.05, 0.1) is 11.4 Å². The number of para-hydroxylation sites is 3. The number of ketones is 1. The van der Waals surface area contributed by atoms with Crippen LogP contribution in [0.4, 0.5) is 0 Å². The number of carbonyl (C=O) groups is 1. The third-order valence-electron chi connectivity index (χ3n) is 5.80. The van der Waals surface area contributed by atoms with Crippen LogP contribution >= 0.6 is 0 Å². The summed E-state index contributed by atoms with van der Waals surface area (Å²) in [7, 11) is 0. The van der Waals surface area contributed by atoms with E-state index in [4.69, 9.17) is 9.47 Å². The average molecular weight is 409 g/mol. The fraction of sp³-hybridized carbons (Fsp3) is 0.148. The van der Waals surface area contributed by atoms with Gasteiger partial charge in [0.1, 0.15) is 18.1 Å². The van der Waals surface area contributed by atoms with Crippen molar-refractivity contribution in [1.82, 2.24) is 4.57 Å². The molecule has 1 aliphatic rings. The molecule has 1 atom stereocenters. The first kappa shape index (κ1) is 19.2. The van der Waals surface area contributed by atoms with Gasteiger partial charge in [-0.25, -0.2) is 0 Å². The van der Waals surface area contributed by atoms with Gasteiger partial charge in [0.2, 0.25) is 5.78 Å². The first-order chi connectivity index (χ1) is 15.2. The van der Waals surface area contributed by atoms with Crippen LogP contribution in [-0.4, -0.2) is 10.4 Å². The monoisotopic (exact) mass is 409 g/mol. The highest BCUT2D eigenvalue weighted by Crippen LogP contribution is 2.41. The number of carbonyl (C=O) groups excluding carboxylic acids is 1. The van der Waals surface area contributed by atoms with Crippen molar-refractivity contribution in [3.05, 3.63) is 114 Å². The maximum atomic E-state index is 13.8. The Bertz CT molecular complexity index is 1230. The lowest BCUT2D eigenvalue weighted by Crippen LogP contribution is -2.41. The van der Waals surface area contributed by atoms with Gasteiger partial charge in [-0.05, 0) is 54.4 Å². The largest absolute Gasteiger partial charge is 0.489 e. The minimum Gasteiger partial charge on any atom is -0.489 e. The first-order valence-corrected chi connectivity index (χ1v) is 10.5. The van der Waals surface area contributed by atoms with E-state index in [0.29, 0.717) is 24.5 Å². The number of Topliss-reactive ketones (excluding diaryl/α,β-unsaturated/α-hetero) is 1. The number of nitrogens with zero attached hydrogens (tertiary/aromatic N) is 1. The molecule has 0 fully saturated rings. The SMILES string of the molecule is CCC1(c2cccc(COc3ccccc3)c2)Oc2ccccc2-n2cccc2C1=O. The van der Waals surface area contributed by atoms with Crippen LogP contribution in [0, 0.1) is 0 Å². The minimum absolute atomic E-state index is 0.0441. The van der Waals surface area contributed by atoms with E-state index in [-0.39, 0.29) is 5.78 Å². The summed E-state index contributed by atoms with van der Waals surface area (Å²) in [6.07, 6.45) is 2.42. The third kappa shape index (κ3) is 3.30. The molecule has 0 saturated carbocycles. The highest BCUT2D eigenvalue weighted by molar-refractivity contribution is 6.03. The molecule has 4 heteroatoms. The lowest BCUT2D eigenvalue weighted by atomic mass is 9.84. The summed E-state index contributed by atoms with van der Waals surface area (Å²) in [6, 6.07) is 29.2. The minimum atomic E-state index is -1.11. The van der Waals surface area contributed by atoms with Crippen molar-refractivity contribution in [3.63, 3.8) is 0 Å². The van der Waals surface area contributed by atoms with E-state index in [0.717, 1.165) is 22.6 Å². The van der Waals surface area contributed by atoms with Crippen LogP contribution < -0.4 is 9.47 Å². The van der Waals surface area contributed by atoms with Gasteiger partial charge in [-0.1, -0.05) is 55.5 Å². The van der Waals surface area contributed by atoms with Crippen LogP contribution in [-0.2, 0) is 12.2 Å². The molecule has 5 rings (SSSR count). The van der Waals surface area contributed by atoms with Crippen molar-refractivity contribution < 1.29 is 14.3 Å². The van der Waals surface area contributed by atoms with Crippen LogP contribution in [0.15, 0.2) is 97.2 Å². The molecule has 0 aliphatic carbocycles. The molecular formula is C27H23NO3. The molecule has 4 aromatic rings. The van der Waals surface area contributed by atoms with E-state index in [9.17, 15) is 4.79 Å². The molecule has 31 heavy (non-hydrogen) atoms. The zero-order chi connectivity index (χ0) is 21.3. The molecule has 0 bridgehead atoms. The third-order valence-corrected chi connectivity index (χ3v) is 5.80. The molecule has 154 valence electrons. The number of rotatable bonds is 5. The zero-order valence-electron chi connectivity index (χ0n) is 17.3. The van der Waals surface area contributed by atoms with Gasteiger partial charge in [-0.2, -0.15) is 0 Å². The van der Waals surface area contributed by atoms with E-state index in [1.54, 1.807) is 0 Å². The summed E-state index contributed by atoms with van der Waals surface area (Å²) < 4.78 is 14.4. The summed E-state index contributed by atoms with van der Waals surface area (Å²) >= 11 is 0. The second-order valence-electron chi connectivity index (χ2n) is 7.65. The molecule has 4 nitrogen and oxygen atoms in total. The molecule has 0 saturated heterocycles. The van der Waals surface area contributed by atoms with Crippen molar-refractivity contribution in [3.8, 4) is 17.2 Å². The van der Waals surface area contributed by atoms with Gasteiger partial charge in [-0.3, -0.25) is 4.79 Å². The van der Waals surface area contributed by atoms with Crippen molar-refractivity contribution in [2.75, 3.05) is 0 Å². The Morgan fingerprint density at radius 3 is 2.55 bits per heavy atom. The Morgan fingerprint density at radius 1 is 0.903 bits per heavy atom. The van der Waals surface area contributed by atoms with Gasteiger partial charge in [0, 0.05) is 11.8 Å². The van der Waals surface area contributed by atoms with E-state index in [2.05, 4.69) is 0 Å². The Kier molecular flexibility index (Phi) is 4.83. The zero-order valence-corrected chi connectivity index (χ0v) is 17.3. The molecule has 2 heterocycles. The molecule has 0 radical (unpaired) electrons. The van der Waals surface area contributed by atoms with Gasteiger partial charge >= 0.3 is 0 Å². The summed E-state index contributed by atoms with van der Waals surface area (Å²) in [4.78, 5) is 13.8. The van der Waals surface area contributed by atoms with Gasteiger partial charge < -0.3 is 14.0 Å². The lowest BCUT2D eigenvalue weighted by molar-refractivity contribution is 0.0423. The molecular weight excluding hydrogens is 386 g/mol. The number of aromatic nitrogens is 1. The standard InChI is InChI=1S/C27H23NO3/c1-2-27(21-11-8-10-20(18-21)19-30-22-12-4-3-5-13-22)26(29)24-15-9-17-28(24)23-14-6-7-16-25(23)31-27/h3-18H,2,19H2,1H3. The van der Waals surface area contributed by atoms with Crippen LogP contribution in [0.2, 0.25) is 0 Å². The lowest BCUT2D eigenvalue weighted by Gasteiger charge is -2.31. The molecule has 0 amide bonds. The van der Waals surface area contributed by atoms with E-state index < -0.39 is 5.60 Å². The number of fused-ring (bicyclic) bond motifs is 3. The van der Waals surface area contributed by atoms with Gasteiger partial charge in [-0.15, -0.1) is 0 Å². The normalized spacial score (nSPS) is 17.3. The number of hydrogen-bond donors (Lipinski definition) is 0. The molecule has 1 aliphatic heterocycles. The average Bonchev–Trinajstić information content (AvgIpc) is 3.28. The maximum absolute atomic E-state index is 13.8. The van der Waals surface area contributed by atoms with Crippen LogP contribution in [0.5, 0.6) is 11.5 Å². The van der Waals surface area contributed by atoms with Gasteiger partial charge in [0.15, 0.2) is 5.60 Å². The Balaban J connectivity index is 1.56. The summed E-state index contributed by atoms with van der Waals surface area (Å²) in [6.45, 7) is 2.41. The quantitative estimate of drug-likeness (QED) is 0.410. The molecule has 0 N–H and O–H groups in total. The van der Waals surface area contributed by atoms with Crippen molar-refractivity contribution >= 4 is 5.78 Å². The summed E-state index contributed by atoms with van der Waals surface area (Å²) in [5, 5.41) is 0. The fourth-order valence-corrected chi connectivity index (χ4v) is 4.18. The smallest absolute Gasteiger partial charge is 0.227 e. The number of ether oxygens (including phenoxy) is 2. The van der Waals surface area contributed by atoms with Crippen LogP contribution in [0.3, 0.4) is 0 Å². The second-order valence-corrected chi connectivity index (χ2v) is 7.65. The number of benzene rings is 3.